The molecule has 2 N–H and O–H groups in total. The molecule has 1 aromatic rings. The van der Waals surface area contributed by atoms with Gasteiger partial charge < -0.3 is 10.4 Å². The number of unbranched alkanes of at least 4 members (excludes halogenated alkanes) is 7. The zero-order valence-electron chi connectivity index (χ0n) is 13.9. The molecule has 1 aromatic carbocycles. The minimum Gasteiger partial charge on any atom is -0.508 e. The van der Waals surface area contributed by atoms with Crippen LogP contribution in [0.25, 0.3) is 0 Å². The first-order valence-electron chi connectivity index (χ1n) is 8.73. The fourth-order valence-corrected chi connectivity index (χ4v) is 2.67. The molecule has 0 aromatic heterocycles. The van der Waals surface area contributed by atoms with Crippen LogP contribution in [-0.4, -0.2) is 17.7 Å². The average molecular weight is 291 g/mol. The summed E-state index contributed by atoms with van der Waals surface area (Å²) in [6, 6.07) is 8.04. The van der Waals surface area contributed by atoms with Crippen LogP contribution in [-0.2, 0) is 6.42 Å². The number of benzene rings is 1. The second-order valence-electron chi connectivity index (χ2n) is 6.20. The number of nitrogens with one attached hydrogen (secondary N) is 1. The van der Waals surface area contributed by atoms with Crippen LogP contribution in [0, 0.1) is 0 Å². The van der Waals surface area contributed by atoms with Crippen LogP contribution in [0.3, 0.4) is 0 Å². The average Bonchev–Trinajstić information content (AvgIpc) is 2.48. The Balaban J connectivity index is 1.96. The Morgan fingerprint density at radius 1 is 0.905 bits per heavy atom. The molecule has 0 spiro atoms. The van der Waals surface area contributed by atoms with E-state index in [1.165, 1.54) is 56.9 Å². The Kier molecular flexibility index (Phi) is 9.98. The van der Waals surface area contributed by atoms with Crippen molar-refractivity contribution in [2.24, 2.45) is 0 Å². The van der Waals surface area contributed by atoms with Crippen molar-refractivity contribution in [2.45, 2.75) is 77.7 Å². The van der Waals surface area contributed by atoms with Crippen molar-refractivity contribution < 1.29 is 5.11 Å². The molecule has 0 aliphatic rings. The molecule has 0 aliphatic heterocycles. The highest BCUT2D eigenvalue weighted by molar-refractivity contribution is 5.26. The summed E-state index contributed by atoms with van der Waals surface area (Å²) in [5.41, 5.74) is 1.28. The molecule has 120 valence electrons. The molecular weight excluding hydrogens is 258 g/mol. The molecule has 0 fully saturated rings. The SMILES string of the molecule is CCCCCCCCCCNC(C)Cc1ccc(O)cc1. The van der Waals surface area contributed by atoms with Crippen molar-refractivity contribution in [2.75, 3.05) is 6.54 Å². The minimum absolute atomic E-state index is 0.346. The number of phenols is 1. The minimum atomic E-state index is 0.346. The Morgan fingerprint density at radius 2 is 1.48 bits per heavy atom. The molecule has 0 bridgehead atoms. The van der Waals surface area contributed by atoms with Crippen molar-refractivity contribution in [1.82, 2.24) is 5.32 Å². The highest BCUT2D eigenvalue weighted by Crippen LogP contribution is 2.11. The first kappa shape index (κ1) is 18.0. The van der Waals surface area contributed by atoms with Crippen molar-refractivity contribution in [3.8, 4) is 5.75 Å². The van der Waals surface area contributed by atoms with Crippen LogP contribution in [0.1, 0.15) is 70.8 Å². The van der Waals surface area contributed by atoms with Gasteiger partial charge in [-0.3, -0.25) is 0 Å². The first-order valence-corrected chi connectivity index (χ1v) is 8.73. The lowest BCUT2D eigenvalue weighted by Gasteiger charge is -2.14. The summed E-state index contributed by atoms with van der Waals surface area (Å²) in [5.74, 6) is 0.346. The molecule has 0 heterocycles. The Morgan fingerprint density at radius 3 is 2.10 bits per heavy atom. The molecule has 0 amide bonds. The van der Waals surface area contributed by atoms with Gasteiger partial charge in [0.25, 0.3) is 0 Å². The lowest BCUT2D eigenvalue weighted by Crippen LogP contribution is -2.28. The second kappa shape index (κ2) is 11.6. The van der Waals surface area contributed by atoms with E-state index in [1.54, 1.807) is 12.1 Å². The molecule has 0 radical (unpaired) electrons. The van der Waals surface area contributed by atoms with E-state index in [1.807, 2.05) is 12.1 Å². The number of aromatic hydroxyl groups is 1. The molecule has 0 saturated heterocycles. The van der Waals surface area contributed by atoms with Crippen LogP contribution < -0.4 is 5.32 Å². The van der Waals surface area contributed by atoms with Gasteiger partial charge in [0, 0.05) is 6.04 Å². The summed E-state index contributed by atoms with van der Waals surface area (Å²) in [5, 5.41) is 12.9. The van der Waals surface area contributed by atoms with Crippen molar-refractivity contribution in [1.29, 1.82) is 0 Å². The fourth-order valence-electron chi connectivity index (χ4n) is 2.67. The molecule has 0 aliphatic carbocycles. The third kappa shape index (κ3) is 9.52. The van der Waals surface area contributed by atoms with Crippen molar-refractivity contribution in [3.63, 3.8) is 0 Å². The Hall–Kier alpha value is -1.02. The predicted octanol–water partition coefficient (Wildman–Crippen LogP) is 5.05. The smallest absolute Gasteiger partial charge is 0.115 e. The standard InChI is InChI=1S/C19H33NO/c1-3-4-5-6-7-8-9-10-15-20-17(2)16-18-11-13-19(21)14-12-18/h11-14,17,20-21H,3-10,15-16H2,1-2H3. The van der Waals surface area contributed by atoms with E-state index >= 15 is 0 Å². The van der Waals surface area contributed by atoms with E-state index in [2.05, 4.69) is 19.2 Å². The number of hydrogen-bond acceptors (Lipinski definition) is 2. The largest absolute Gasteiger partial charge is 0.508 e. The topological polar surface area (TPSA) is 32.3 Å². The van der Waals surface area contributed by atoms with Gasteiger partial charge in [-0.1, -0.05) is 64.0 Å². The lowest BCUT2D eigenvalue weighted by atomic mass is 10.1. The van der Waals surface area contributed by atoms with Gasteiger partial charge in [0.2, 0.25) is 0 Å². The van der Waals surface area contributed by atoms with Gasteiger partial charge in [-0.05, 0) is 44.0 Å². The third-order valence-electron chi connectivity index (χ3n) is 4.00. The van der Waals surface area contributed by atoms with Crippen molar-refractivity contribution >= 4 is 0 Å². The van der Waals surface area contributed by atoms with Gasteiger partial charge in [-0.2, -0.15) is 0 Å². The quantitative estimate of drug-likeness (QED) is 0.528. The third-order valence-corrected chi connectivity index (χ3v) is 4.00. The summed E-state index contributed by atoms with van der Waals surface area (Å²) < 4.78 is 0. The number of rotatable bonds is 12. The summed E-state index contributed by atoms with van der Waals surface area (Å²) in [7, 11) is 0. The molecule has 2 heteroatoms. The Labute approximate surface area is 131 Å². The van der Waals surface area contributed by atoms with Crippen LogP contribution in [0.2, 0.25) is 0 Å². The molecule has 0 saturated carbocycles. The van der Waals surface area contributed by atoms with E-state index in [0.717, 1.165) is 13.0 Å². The number of phenolic OH excluding ortho intramolecular Hbond substituents is 1. The normalized spacial score (nSPS) is 12.5. The van der Waals surface area contributed by atoms with Crippen LogP contribution in [0.4, 0.5) is 0 Å². The maximum absolute atomic E-state index is 9.27. The highest BCUT2D eigenvalue weighted by Gasteiger charge is 2.02. The molecule has 1 rings (SSSR count). The summed E-state index contributed by atoms with van der Waals surface area (Å²) in [6.45, 7) is 5.62. The molecule has 1 unspecified atom stereocenters. The van der Waals surface area contributed by atoms with Gasteiger partial charge in [0.1, 0.15) is 5.75 Å². The summed E-state index contributed by atoms with van der Waals surface area (Å²) in [4.78, 5) is 0. The molecule has 1 atom stereocenters. The molecule has 21 heavy (non-hydrogen) atoms. The van der Waals surface area contributed by atoms with Gasteiger partial charge in [0.05, 0.1) is 0 Å². The van der Waals surface area contributed by atoms with E-state index in [-0.39, 0.29) is 0 Å². The maximum Gasteiger partial charge on any atom is 0.115 e. The van der Waals surface area contributed by atoms with E-state index in [0.29, 0.717) is 11.8 Å². The second-order valence-corrected chi connectivity index (χ2v) is 6.20. The van der Waals surface area contributed by atoms with E-state index in [4.69, 9.17) is 0 Å². The van der Waals surface area contributed by atoms with Crippen LogP contribution in [0.15, 0.2) is 24.3 Å². The zero-order valence-corrected chi connectivity index (χ0v) is 13.9. The molecular formula is C19H33NO. The van der Waals surface area contributed by atoms with E-state index < -0.39 is 0 Å². The van der Waals surface area contributed by atoms with Crippen LogP contribution >= 0.6 is 0 Å². The van der Waals surface area contributed by atoms with Gasteiger partial charge in [-0.15, -0.1) is 0 Å². The fraction of sp³-hybridized carbons (Fsp3) is 0.684. The summed E-state index contributed by atoms with van der Waals surface area (Å²) >= 11 is 0. The van der Waals surface area contributed by atoms with Crippen molar-refractivity contribution in [3.05, 3.63) is 29.8 Å². The van der Waals surface area contributed by atoms with Crippen LogP contribution in [0.5, 0.6) is 5.75 Å². The predicted molar refractivity (Wildman–Crippen MR) is 91.9 cm³/mol. The van der Waals surface area contributed by atoms with Gasteiger partial charge in [-0.25, -0.2) is 0 Å². The Bertz CT molecular complexity index is 347. The van der Waals surface area contributed by atoms with Gasteiger partial charge in [0.15, 0.2) is 0 Å². The van der Waals surface area contributed by atoms with Gasteiger partial charge >= 0.3 is 0 Å². The lowest BCUT2D eigenvalue weighted by molar-refractivity contribution is 0.474. The highest BCUT2D eigenvalue weighted by atomic mass is 16.3. The maximum atomic E-state index is 9.27. The monoisotopic (exact) mass is 291 g/mol. The zero-order chi connectivity index (χ0) is 15.3. The number of hydrogen-bond donors (Lipinski definition) is 2. The summed E-state index contributed by atoms with van der Waals surface area (Å²) in [6.07, 6.45) is 12.0. The van der Waals surface area contributed by atoms with E-state index in [9.17, 15) is 5.11 Å². The first-order chi connectivity index (χ1) is 10.2. The molecule has 2 nitrogen and oxygen atoms in total.